The number of aromatic amines is 1. The fourth-order valence-electron chi connectivity index (χ4n) is 5.79. The molecule has 2 aliphatic rings. The number of carbonyl (C=O) groups excluding carboxylic acids is 3. The summed E-state index contributed by atoms with van der Waals surface area (Å²) in [5.41, 5.74) is 12.9. The first-order valence-corrected chi connectivity index (χ1v) is 17.0. The molecule has 5 N–H and O–H groups in total. The number of nitrogens with two attached hydrogens (primary N) is 1. The van der Waals surface area contributed by atoms with Crippen LogP contribution in [0.2, 0.25) is 0 Å². The molecule has 1 saturated heterocycles. The number of nitrogens with zero attached hydrogens (tertiary/aromatic N) is 4. The molecule has 5 aromatic rings. The first-order chi connectivity index (χ1) is 23.5. The molecule has 0 radical (unpaired) electrons. The summed E-state index contributed by atoms with van der Waals surface area (Å²) in [5, 5.41) is 4.76. The maximum Gasteiger partial charge on any atom is 0.407 e. The highest BCUT2D eigenvalue weighted by molar-refractivity contribution is 8.18. The van der Waals surface area contributed by atoms with Gasteiger partial charge in [0.1, 0.15) is 18.7 Å². The van der Waals surface area contributed by atoms with Crippen LogP contribution >= 0.6 is 23.1 Å². The molecule has 1 aliphatic carbocycles. The summed E-state index contributed by atoms with van der Waals surface area (Å²) in [4.78, 5) is 55.9. The zero-order valence-electron chi connectivity index (χ0n) is 26.8. The topological polar surface area (TPSA) is 177 Å². The van der Waals surface area contributed by atoms with Gasteiger partial charge >= 0.3 is 6.09 Å². The molecule has 3 aromatic heterocycles. The van der Waals surface area contributed by atoms with Gasteiger partial charge in [0.15, 0.2) is 5.65 Å². The van der Waals surface area contributed by atoms with Crippen LogP contribution in [-0.2, 0) is 28.1 Å². The van der Waals surface area contributed by atoms with Crippen molar-refractivity contribution in [1.29, 1.82) is 0 Å². The number of likely N-dealkylation sites (N-methyl/N-ethyl adjacent to an activating group) is 1. The number of nitrogens with one attached hydrogen (secondary N) is 3. The highest BCUT2D eigenvalue weighted by atomic mass is 32.2. The summed E-state index contributed by atoms with van der Waals surface area (Å²) < 4.78 is 11.3. The van der Waals surface area contributed by atoms with Gasteiger partial charge in [0, 0.05) is 34.4 Å². The molecule has 0 atom stereocenters. The maximum absolute atomic E-state index is 12.4. The number of rotatable bonds is 10. The number of H-pyrrole nitrogens is 1. The number of hydrogen-bond donors (Lipinski definition) is 4. The SMILES string of the molecule is CN(CCOC(=O)NCc1ccc(COc2nc(N)nc3nc[nH]c23)cc1)c1ccc2c(c1)C(C)(C)c1cc(/C=C3\SC(=O)NC3=O)sc1-2. The second-order valence-electron chi connectivity index (χ2n) is 12.1. The lowest BCUT2D eigenvalue weighted by atomic mass is 9.82. The predicted octanol–water partition coefficient (Wildman–Crippen LogP) is 5.57. The lowest BCUT2D eigenvalue weighted by Gasteiger charge is -2.24. The minimum atomic E-state index is -0.492. The molecule has 1 fully saturated rings. The number of fused-ring (bicyclic) bond motifs is 4. The van der Waals surface area contributed by atoms with E-state index in [2.05, 4.69) is 73.6 Å². The lowest BCUT2D eigenvalue weighted by Crippen LogP contribution is -2.29. The summed E-state index contributed by atoms with van der Waals surface area (Å²) in [7, 11) is 1.97. The Labute approximate surface area is 289 Å². The molecule has 49 heavy (non-hydrogen) atoms. The van der Waals surface area contributed by atoms with Gasteiger partial charge in [0.2, 0.25) is 11.8 Å². The van der Waals surface area contributed by atoms with Gasteiger partial charge in [0.05, 0.1) is 17.8 Å². The van der Waals surface area contributed by atoms with Crippen LogP contribution in [0, 0.1) is 0 Å². The van der Waals surface area contributed by atoms with Crippen LogP contribution in [0.1, 0.15) is 41.0 Å². The zero-order valence-corrected chi connectivity index (χ0v) is 28.5. The molecule has 0 spiro atoms. The Balaban J connectivity index is 0.888. The molecule has 0 bridgehead atoms. The van der Waals surface area contributed by atoms with Gasteiger partial charge in [0.25, 0.3) is 11.1 Å². The summed E-state index contributed by atoms with van der Waals surface area (Å²) in [6, 6.07) is 16.1. The first kappa shape index (κ1) is 32.2. The second kappa shape index (κ2) is 12.9. The normalized spacial score (nSPS) is 15.3. The Hall–Kier alpha value is -5.41. The third kappa shape index (κ3) is 6.54. The van der Waals surface area contributed by atoms with E-state index in [0.717, 1.165) is 39.0 Å². The molecular formula is C34H32N8O5S2. The number of thioether (sulfide) groups is 1. The number of nitrogen functional groups attached to an aromatic ring is 1. The number of imide groups is 1. The van der Waals surface area contributed by atoms with Crippen molar-refractivity contribution in [2.75, 3.05) is 30.8 Å². The Bertz CT molecular complexity index is 2140. The highest BCUT2D eigenvalue weighted by Gasteiger charge is 2.38. The standard InChI is InChI=1S/C34H32N8O5S2/c1-34(2)23-12-20(8-9-22(23)27-24(34)13-21(48-27)14-25-29(43)40-33(45)49-25)42(3)10-11-46-32(44)36-15-18-4-6-19(7-5-18)16-47-30-26-28(38-17-37-26)39-31(35)41-30/h4-9,12-14,17H,10-11,15-16H2,1-3H3,(H,36,44)(H,40,43,45)(H3,35,37,38,39,41)/b25-14-. The molecule has 0 saturated carbocycles. The number of aromatic nitrogens is 4. The highest BCUT2D eigenvalue weighted by Crippen LogP contribution is 2.53. The van der Waals surface area contributed by atoms with Crippen LogP contribution in [0.15, 0.2) is 59.8 Å². The van der Waals surface area contributed by atoms with Crippen molar-refractivity contribution >= 4 is 69.2 Å². The van der Waals surface area contributed by atoms with Crippen LogP contribution in [0.3, 0.4) is 0 Å². The molecule has 0 unspecified atom stereocenters. The fraction of sp³-hybridized carbons (Fsp3) is 0.235. The smallest absolute Gasteiger partial charge is 0.407 e. The average molecular weight is 697 g/mol. The number of carbonyl (C=O) groups is 3. The summed E-state index contributed by atoms with van der Waals surface area (Å²) in [6.45, 7) is 5.71. The van der Waals surface area contributed by atoms with Gasteiger partial charge in [-0.05, 0) is 63.9 Å². The van der Waals surface area contributed by atoms with E-state index < -0.39 is 6.09 Å². The number of thiophene rings is 1. The van der Waals surface area contributed by atoms with E-state index in [1.54, 1.807) is 17.4 Å². The molecule has 13 nitrogen and oxygen atoms in total. The summed E-state index contributed by atoms with van der Waals surface area (Å²) >= 11 is 2.55. The third-order valence-corrected chi connectivity index (χ3v) is 10.4. The van der Waals surface area contributed by atoms with E-state index in [4.69, 9.17) is 15.2 Å². The van der Waals surface area contributed by atoms with Gasteiger partial charge in [-0.25, -0.2) is 9.78 Å². The van der Waals surface area contributed by atoms with E-state index in [0.29, 0.717) is 35.0 Å². The second-order valence-corrected chi connectivity index (χ2v) is 14.2. The van der Waals surface area contributed by atoms with E-state index in [1.807, 2.05) is 31.3 Å². The number of hydrogen-bond acceptors (Lipinski definition) is 12. The van der Waals surface area contributed by atoms with Crippen LogP contribution in [0.25, 0.3) is 27.7 Å². The molecule has 15 heteroatoms. The average Bonchev–Trinajstić information content (AvgIpc) is 3.84. The quantitative estimate of drug-likeness (QED) is 0.134. The number of alkyl carbamates (subject to hydrolysis) is 1. The van der Waals surface area contributed by atoms with Crippen molar-refractivity contribution in [2.24, 2.45) is 0 Å². The zero-order chi connectivity index (χ0) is 34.3. The van der Waals surface area contributed by atoms with Gasteiger partial charge < -0.3 is 30.4 Å². The number of anilines is 2. The van der Waals surface area contributed by atoms with Crippen LogP contribution in [-0.4, -0.2) is 57.4 Å². The molecular weight excluding hydrogens is 665 g/mol. The number of imidazole rings is 1. The molecule has 4 heterocycles. The minimum Gasteiger partial charge on any atom is -0.471 e. The lowest BCUT2D eigenvalue weighted by molar-refractivity contribution is -0.115. The van der Waals surface area contributed by atoms with Crippen LogP contribution in [0.5, 0.6) is 5.88 Å². The van der Waals surface area contributed by atoms with Crippen molar-refractivity contribution in [1.82, 2.24) is 30.6 Å². The Morgan fingerprint density at radius 2 is 1.88 bits per heavy atom. The van der Waals surface area contributed by atoms with Crippen molar-refractivity contribution in [3.63, 3.8) is 0 Å². The van der Waals surface area contributed by atoms with Crippen molar-refractivity contribution < 1.29 is 23.9 Å². The summed E-state index contributed by atoms with van der Waals surface area (Å²) in [6.07, 6.45) is 2.80. The Kier molecular flexibility index (Phi) is 8.46. The molecule has 250 valence electrons. The third-order valence-electron chi connectivity index (χ3n) is 8.47. The fourth-order valence-corrected chi connectivity index (χ4v) is 7.84. The van der Waals surface area contributed by atoms with E-state index >= 15 is 0 Å². The van der Waals surface area contributed by atoms with Crippen LogP contribution < -0.4 is 26.0 Å². The first-order valence-electron chi connectivity index (χ1n) is 15.4. The minimum absolute atomic E-state index is 0.0857. The van der Waals surface area contributed by atoms with Crippen molar-refractivity contribution in [2.45, 2.75) is 32.4 Å². The number of benzene rings is 2. The Morgan fingerprint density at radius 1 is 1.08 bits per heavy atom. The van der Waals surface area contributed by atoms with Gasteiger partial charge in [-0.15, -0.1) is 11.3 Å². The van der Waals surface area contributed by atoms with E-state index in [-0.39, 0.29) is 35.7 Å². The van der Waals surface area contributed by atoms with Gasteiger partial charge in [-0.3, -0.25) is 14.9 Å². The number of ether oxygens (including phenoxy) is 2. The largest absolute Gasteiger partial charge is 0.471 e. The summed E-state index contributed by atoms with van der Waals surface area (Å²) in [5.74, 6) is 0.0635. The van der Waals surface area contributed by atoms with Crippen molar-refractivity contribution in [3.05, 3.63) is 86.9 Å². The van der Waals surface area contributed by atoms with E-state index in [9.17, 15) is 14.4 Å². The predicted molar refractivity (Wildman–Crippen MR) is 189 cm³/mol. The van der Waals surface area contributed by atoms with Crippen molar-refractivity contribution in [3.8, 4) is 16.3 Å². The molecule has 2 aromatic carbocycles. The van der Waals surface area contributed by atoms with E-state index in [1.165, 1.54) is 22.3 Å². The molecule has 1 aliphatic heterocycles. The maximum atomic E-state index is 12.4. The Morgan fingerprint density at radius 3 is 2.65 bits per heavy atom. The molecule has 7 rings (SSSR count). The van der Waals surface area contributed by atoms with Gasteiger partial charge in [-0.2, -0.15) is 9.97 Å². The monoisotopic (exact) mass is 696 g/mol. The van der Waals surface area contributed by atoms with Crippen LogP contribution in [0.4, 0.5) is 21.2 Å². The number of amides is 3. The molecule has 3 amide bonds. The van der Waals surface area contributed by atoms with Gasteiger partial charge in [-0.1, -0.05) is 44.2 Å².